The van der Waals surface area contributed by atoms with E-state index in [2.05, 4.69) is 31.9 Å². The monoisotopic (exact) mass is 236 g/mol. The Bertz CT molecular complexity index is 77.7. The first-order valence-corrected chi connectivity index (χ1v) is 3.63. The maximum absolute atomic E-state index is 9.74. The molecule has 0 aliphatic rings. The zero-order chi connectivity index (χ0) is 5.86. The standard InChI is InChI=1S/C3H4Br2O2.Li/c4-1-2(5)3(6)7;/h2H,1H2,(H,6,7);/q;+1/p-1. The molecule has 0 rings (SSSR count). The Kier molecular flexibility index (Phi) is 9.06. The van der Waals surface area contributed by atoms with Crippen LogP contribution in [-0.2, 0) is 4.79 Å². The van der Waals surface area contributed by atoms with Gasteiger partial charge in [0.2, 0.25) is 0 Å². The van der Waals surface area contributed by atoms with E-state index in [1.165, 1.54) is 0 Å². The summed E-state index contributed by atoms with van der Waals surface area (Å²) in [5, 5.41) is 10.1. The average Bonchev–Trinajstić information content (AvgIpc) is 1.65. The van der Waals surface area contributed by atoms with Crippen molar-refractivity contribution >= 4 is 37.8 Å². The first-order valence-electron chi connectivity index (χ1n) is 1.59. The quantitative estimate of drug-likeness (QED) is 0.377. The van der Waals surface area contributed by atoms with Crippen molar-refractivity contribution < 1.29 is 28.8 Å². The van der Waals surface area contributed by atoms with E-state index in [1.807, 2.05) is 0 Å². The topological polar surface area (TPSA) is 40.1 Å². The number of alkyl halides is 2. The maximum Gasteiger partial charge on any atom is 1.00 e. The van der Waals surface area contributed by atoms with Gasteiger partial charge >= 0.3 is 18.9 Å². The summed E-state index contributed by atoms with van der Waals surface area (Å²) in [4.78, 5) is 9.18. The molecule has 0 aromatic rings. The van der Waals surface area contributed by atoms with Gasteiger partial charge in [-0.05, 0) is 0 Å². The third kappa shape index (κ3) is 5.17. The Hall–Kier alpha value is 1.03. The van der Waals surface area contributed by atoms with Gasteiger partial charge in [-0.25, -0.2) is 0 Å². The molecule has 0 aromatic carbocycles. The van der Waals surface area contributed by atoms with Crippen LogP contribution < -0.4 is 24.0 Å². The number of hydrogen-bond acceptors (Lipinski definition) is 2. The van der Waals surface area contributed by atoms with Crippen LogP contribution in [0.3, 0.4) is 0 Å². The van der Waals surface area contributed by atoms with Crippen LogP contribution >= 0.6 is 31.9 Å². The Morgan fingerprint density at radius 1 is 1.75 bits per heavy atom. The van der Waals surface area contributed by atoms with Crippen LogP contribution in [0.15, 0.2) is 0 Å². The summed E-state index contributed by atoms with van der Waals surface area (Å²) in [6.07, 6.45) is 0. The predicted octanol–water partition coefficient (Wildman–Crippen LogP) is -3.10. The molecule has 0 aliphatic heterocycles. The molecule has 1 unspecified atom stereocenters. The van der Waals surface area contributed by atoms with Crippen molar-refractivity contribution in [2.45, 2.75) is 4.83 Å². The van der Waals surface area contributed by atoms with Crippen LogP contribution in [0.4, 0.5) is 0 Å². The average molecular weight is 238 g/mol. The summed E-state index contributed by atoms with van der Waals surface area (Å²) in [6, 6.07) is 0. The van der Waals surface area contributed by atoms with E-state index in [1.54, 1.807) is 0 Å². The molecule has 0 saturated heterocycles. The number of halogens is 2. The minimum atomic E-state index is -1.09. The number of rotatable bonds is 2. The van der Waals surface area contributed by atoms with Crippen molar-refractivity contribution in [2.24, 2.45) is 0 Å². The third-order valence-corrected chi connectivity index (χ3v) is 2.61. The first-order chi connectivity index (χ1) is 3.18. The Morgan fingerprint density at radius 2 is 2.12 bits per heavy atom. The van der Waals surface area contributed by atoms with Gasteiger partial charge in [-0.1, -0.05) is 31.9 Å². The van der Waals surface area contributed by atoms with E-state index >= 15 is 0 Å². The van der Waals surface area contributed by atoms with Crippen LogP contribution in [0.5, 0.6) is 0 Å². The molecule has 0 bridgehead atoms. The summed E-state index contributed by atoms with van der Waals surface area (Å²) < 4.78 is 0. The Labute approximate surface area is 76.5 Å². The van der Waals surface area contributed by atoms with Gasteiger partial charge in [0.1, 0.15) is 0 Å². The molecule has 0 N–H and O–H groups in total. The van der Waals surface area contributed by atoms with Crippen LogP contribution in [0.1, 0.15) is 0 Å². The fourth-order valence-corrected chi connectivity index (χ4v) is 0.327. The number of carboxylic acids is 1. The molecule has 0 spiro atoms. The minimum absolute atomic E-state index is 0. The molecule has 42 valence electrons. The molecule has 0 aliphatic carbocycles. The van der Waals surface area contributed by atoms with Crippen molar-refractivity contribution in [3.05, 3.63) is 0 Å². The summed E-state index contributed by atoms with van der Waals surface area (Å²) in [5.41, 5.74) is 0. The fourth-order valence-electron chi connectivity index (χ4n) is 0.0630. The number of hydrogen-bond donors (Lipinski definition) is 0. The zero-order valence-electron chi connectivity index (χ0n) is 4.36. The largest absolute Gasteiger partial charge is 1.00 e. The maximum atomic E-state index is 9.74. The van der Waals surface area contributed by atoms with Crippen LogP contribution in [-0.4, -0.2) is 16.1 Å². The van der Waals surface area contributed by atoms with Gasteiger partial charge in [0.25, 0.3) is 0 Å². The van der Waals surface area contributed by atoms with Crippen LogP contribution in [0.2, 0.25) is 0 Å². The van der Waals surface area contributed by atoms with Gasteiger partial charge < -0.3 is 9.90 Å². The van der Waals surface area contributed by atoms with E-state index in [0.29, 0.717) is 5.33 Å². The normalized spacial score (nSPS) is 11.8. The van der Waals surface area contributed by atoms with Gasteiger partial charge in [0.15, 0.2) is 0 Å². The van der Waals surface area contributed by atoms with Crippen molar-refractivity contribution in [1.82, 2.24) is 0 Å². The molecule has 5 heteroatoms. The third-order valence-electron chi connectivity index (χ3n) is 0.391. The van der Waals surface area contributed by atoms with E-state index in [4.69, 9.17) is 0 Å². The second kappa shape index (κ2) is 6.15. The molecule has 8 heavy (non-hydrogen) atoms. The second-order valence-corrected chi connectivity index (χ2v) is 2.69. The smallest absolute Gasteiger partial charge is 0.549 e. The van der Waals surface area contributed by atoms with E-state index in [0.717, 1.165) is 0 Å². The van der Waals surface area contributed by atoms with Crippen LogP contribution in [0.25, 0.3) is 0 Å². The summed E-state index contributed by atoms with van der Waals surface area (Å²) in [5.74, 6) is -1.09. The van der Waals surface area contributed by atoms with E-state index in [9.17, 15) is 9.90 Å². The van der Waals surface area contributed by atoms with Gasteiger partial charge in [0, 0.05) is 5.33 Å². The predicted molar refractivity (Wildman–Crippen MR) is 31.5 cm³/mol. The minimum Gasteiger partial charge on any atom is -0.549 e. The van der Waals surface area contributed by atoms with Gasteiger partial charge in [0.05, 0.1) is 10.8 Å². The molecular formula is C3H3Br2LiO2. The van der Waals surface area contributed by atoms with Crippen molar-refractivity contribution in [2.75, 3.05) is 5.33 Å². The van der Waals surface area contributed by atoms with Gasteiger partial charge in [-0.2, -0.15) is 0 Å². The van der Waals surface area contributed by atoms with E-state index in [-0.39, 0.29) is 18.9 Å². The van der Waals surface area contributed by atoms with Crippen molar-refractivity contribution in [3.63, 3.8) is 0 Å². The van der Waals surface area contributed by atoms with E-state index < -0.39 is 10.8 Å². The molecule has 0 heterocycles. The molecule has 0 fully saturated rings. The van der Waals surface area contributed by atoms with Gasteiger partial charge in [-0.3, -0.25) is 0 Å². The molecule has 0 saturated carbocycles. The second-order valence-electron chi connectivity index (χ2n) is 0.941. The Balaban J connectivity index is 0. The Morgan fingerprint density at radius 3 is 2.12 bits per heavy atom. The number of aliphatic carboxylic acids is 1. The summed E-state index contributed by atoms with van der Waals surface area (Å²) in [6.45, 7) is 0. The number of carbonyl (C=O) groups excluding carboxylic acids is 1. The molecule has 0 amide bonds. The van der Waals surface area contributed by atoms with Gasteiger partial charge in [-0.15, -0.1) is 0 Å². The van der Waals surface area contributed by atoms with Crippen molar-refractivity contribution in [3.8, 4) is 0 Å². The number of carbonyl (C=O) groups is 1. The SMILES string of the molecule is O=C([O-])C(Br)CBr.[Li+]. The zero-order valence-corrected chi connectivity index (χ0v) is 7.53. The first kappa shape index (κ1) is 11.8. The fraction of sp³-hybridized carbons (Fsp3) is 0.667. The molecular weight excluding hydrogens is 235 g/mol. The molecule has 0 radical (unpaired) electrons. The van der Waals surface area contributed by atoms with Crippen LogP contribution in [0, 0.1) is 0 Å². The summed E-state index contributed by atoms with van der Waals surface area (Å²) in [7, 11) is 0. The van der Waals surface area contributed by atoms with Crippen molar-refractivity contribution in [1.29, 1.82) is 0 Å². The molecule has 2 nitrogen and oxygen atoms in total. The number of carboxylic acid groups (broad SMARTS) is 1. The summed E-state index contributed by atoms with van der Waals surface area (Å²) >= 11 is 5.78. The molecule has 0 aromatic heterocycles. The molecule has 1 atom stereocenters.